The fourth-order valence-electron chi connectivity index (χ4n) is 4.52. The number of amides is 1. The summed E-state index contributed by atoms with van der Waals surface area (Å²) in [6.07, 6.45) is 6.40. The summed E-state index contributed by atoms with van der Waals surface area (Å²) in [6, 6.07) is 4.58. The van der Waals surface area contributed by atoms with Crippen LogP contribution in [0.4, 0.5) is 5.69 Å². The Balaban J connectivity index is 1.72. The van der Waals surface area contributed by atoms with E-state index in [9.17, 15) is 23.3 Å². The van der Waals surface area contributed by atoms with Crippen molar-refractivity contribution < 1.29 is 18.1 Å². The smallest absolute Gasteiger partial charge is 0.272 e. The first-order chi connectivity index (χ1) is 12.8. The minimum Gasteiger partial charge on any atom is -0.339 e. The minimum absolute atomic E-state index is 0.102. The predicted molar refractivity (Wildman–Crippen MR) is 102 cm³/mol. The molecular weight excluding hydrogens is 368 g/mol. The number of fused-ring (bicyclic) bond motifs is 1. The third-order valence-corrected chi connectivity index (χ3v) is 7.33. The lowest BCUT2D eigenvalue weighted by Gasteiger charge is -2.44. The standard InChI is InChI=1S/C19H26N2O5S/c1-14-16(7-4-10-17(14)21(23)24)12-27(25,26)13-19(22)20-11-5-8-15-6-2-3-9-18(15)20/h4,7,10,15,18H,2-3,5-6,8-9,11-13H2,1H3. The number of hydrogen-bond donors (Lipinski definition) is 0. The summed E-state index contributed by atoms with van der Waals surface area (Å²) < 4.78 is 25.3. The molecule has 1 heterocycles. The zero-order valence-corrected chi connectivity index (χ0v) is 16.4. The van der Waals surface area contributed by atoms with E-state index in [4.69, 9.17) is 0 Å². The molecule has 1 aromatic rings. The van der Waals surface area contributed by atoms with E-state index in [1.807, 2.05) is 0 Å². The second-order valence-electron chi connectivity index (χ2n) is 7.69. The van der Waals surface area contributed by atoms with Crippen molar-refractivity contribution in [2.75, 3.05) is 12.3 Å². The largest absolute Gasteiger partial charge is 0.339 e. The molecule has 0 aromatic heterocycles. The van der Waals surface area contributed by atoms with Crippen molar-refractivity contribution in [3.05, 3.63) is 39.4 Å². The number of piperidine rings is 1. The molecule has 1 saturated heterocycles. The van der Waals surface area contributed by atoms with Gasteiger partial charge in [-0.15, -0.1) is 0 Å². The van der Waals surface area contributed by atoms with Gasteiger partial charge in [-0.05, 0) is 44.1 Å². The van der Waals surface area contributed by atoms with E-state index in [-0.39, 0.29) is 23.4 Å². The molecule has 0 bridgehead atoms. The van der Waals surface area contributed by atoms with Crippen molar-refractivity contribution >= 4 is 21.4 Å². The molecule has 1 aliphatic carbocycles. The van der Waals surface area contributed by atoms with Crippen LogP contribution in [0.1, 0.15) is 49.7 Å². The number of rotatable bonds is 5. The van der Waals surface area contributed by atoms with Crippen molar-refractivity contribution in [1.82, 2.24) is 4.90 Å². The normalized spacial score (nSPS) is 22.9. The number of carbonyl (C=O) groups excluding carboxylic acids is 1. The second-order valence-corrected chi connectivity index (χ2v) is 9.76. The van der Waals surface area contributed by atoms with Gasteiger partial charge < -0.3 is 4.90 Å². The van der Waals surface area contributed by atoms with Gasteiger partial charge in [0.25, 0.3) is 5.69 Å². The maximum absolute atomic E-state index is 12.8. The second kappa shape index (κ2) is 7.96. The molecule has 2 atom stereocenters. The Bertz CT molecular complexity index is 835. The molecule has 1 aromatic carbocycles. The molecular formula is C19H26N2O5S. The van der Waals surface area contributed by atoms with Crippen LogP contribution >= 0.6 is 0 Å². The van der Waals surface area contributed by atoms with Crippen LogP contribution in [0.2, 0.25) is 0 Å². The molecule has 2 unspecified atom stereocenters. The lowest BCUT2D eigenvalue weighted by atomic mass is 9.78. The molecule has 7 nitrogen and oxygen atoms in total. The summed E-state index contributed by atoms with van der Waals surface area (Å²) in [5.74, 6) is -0.708. The molecule has 0 N–H and O–H groups in total. The van der Waals surface area contributed by atoms with Crippen LogP contribution in [-0.4, -0.2) is 42.5 Å². The van der Waals surface area contributed by atoms with E-state index in [0.29, 0.717) is 23.6 Å². The van der Waals surface area contributed by atoms with Crippen LogP contribution < -0.4 is 0 Å². The number of benzene rings is 1. The van der Waals surface area contributed by atoms with Crippen LogP contribution in [-0.2, 0) is 20.4 Å². The fraction of sp³-hybridized carbons (Fsp3) is 0.632. The lowest BCUT2D eigenvalue weighted by Crippen LogP contribution is -2.51. The molecule has 2 aliphatic rings. The van der Waals surface area contributed by atoms with Crippen LogP contribution in [0.15, 0.2) is 18.2 Å². The van der Waals surface area contributed by atoms with E-state index in [1.165, 1.54) is 18.6 Å². The molecule has 8 heteroatoms. The van der Waals surface area contributed by atoms with Gasteiger partial charge in [-0.3, -0.25) is 14.9 Å². The van der Waals surface area contributed by atoms with Gasteiger partial charge in [0.15, 0.2) is 9.84 Å². The summed E-state index contributed by atoms with van der Waals surface area (Å²) in [5.41, 5.74) is 0.616. The average Bonchev–Trinajstić information content (AvgIpc) is 2.62. The van der Waals surface area contributed by atoms with Crippen molar-refractivity contribution in [2.24, 2.45) is 5.92 Å². The van der Waals surface area contributed by atoms with Gasteiger partial charge in [0, 0.05) is 24.2 Å². The molecule has 1 saturated carbocycles. The maximum Gasteiger partial charge on any atom is 0.272 e. The molecule has 148 valence electrons. The van der Waals surface area contributed by atoms with Crippen molar-refractivity contribution in [3.63, 3.8) is 0 Å². The van der Waals surface area contributed by atoms with Crippen LogP contribution in [0.25, 0.3) is 0 Å². The number of sulfone groups is 1. The Hall–Kier alpha value is -1.96. The summed E-state index contributed by atoms with van der Waals surface area (Å²) in [6.45, 7) is 2.17. The fourth-order valence-corrected chi connectivity index (χ4v) is 5.95. The van der Waals surface area contributed by atoms with E-state index in [2.05, 4.69) is 0 Å². The van der Waals surface area contributed by atoms with Gasteiger partial charge in [-0.2, -0.15) is 0 Å². The summed E-state index contributed by atoms with van der Waals surface area (Å²) in [5, 5.41) is 11.1. The third kappa shape index (κ3) is 4.48. The molecule has 0 radical (unpaired) electrons. The number of nitro benzene ring substituents is 1. The molecule has 2 fully saturated rings. The van der Waals surface area contributed by atoms with Crippen LogP contribution in [0, 0.1) is 23.0 Å². The van der Waals surface area contributed by atoms with E-state index >= 15 is 0 Å². The van der Waals surface area contributed by atoms with Crippen molar-refractivity contribution in [1.29, 1.82) is 0 Å². The van der Waals surface area contributed by atoms with E-state index in [1.54, 1.807) is 17.9 Å². The van der Waals surface area contributed by atoms with Crippen molar-refractivity contribution in [3.8, 4) is 0 Å². The lowest BCUT2D eigenvalue weighted by molar-refractivity contribution is -0.385. The highest BCUT2D eigenvalue weighted by molar-refractivity contribution is 7.91. The Morgan fingerprint density at radius 2 is 1.93 bits per heavy atom. The Morgan fingerprint density at radius 1 is 1.22 bits per heavy atom. The Kier molecular flexibility index (Phi) is 5.83. The maximum atomic E-state index is 12.8. The number of nitrogens with zero attached hydrogens (tertiary/aromatic N) is 2. The highest BCUT2D eigenvalue weighted by Crippen LogP contribution is 2.35. The average molecular weight is 394 g/mol. The van der Waals surface area contributed by atoms with Gasteiger partial charge in [0.2, 0.25) is 5.91 Å². The van der Waals surface area contributed by atoms with Gasteiger partial charge in [0.05, 0.1) is 10.7 Å². The van der Waals surface area contributed by atoms with Crippen LogP contribution in [0.3, 0.4) is 0 Å². The molecule has 27 heavy (non-hydrogen) atoms. The zero-order valence-electron chi connectivity index (χ0n) is 15.6. The zero-order chi connectivity index (χ0) is 19.6. The molecule has 3 rings (SSSR count). The first kappa shape index (κ1) is 19.8. The first-order valence-electron chi connectivity index (χ1n) is 9.51. The number of carbonyl (C=O) groups is 1. The summed E-state index contributed by atoms with van der Waals surface area (Å²) in [4.78, 5) is 25.1. The van der Waals surface area contributed by atoms with E-state index in [0.717, 1.165) is 32.1 Å². The number of nitro groups is 1. The quantitative estimate of drug-likeness (QED) is 0.565. The third-order valence-electron chi connectivity index (χ3n) is 5.90. The number of likely N-dealkylation sites (tertiary alicyclic amines) is 1. The minimum atomic E-state index is -3.70. The molecule has 1 aliphatic heterocycles. The number of hydrogen-bond acceptors (Lipinski definition) is 5. The molecule has 1 amide bonds. The van der Waals surface area contributed by atoms with Gasteiger partial charge in [-0.25, -0.2) is 8.42 Å². The van der Waals surface area contributed by atoms with Gasteiger partial charge in [-0.1, -0.05) is 25.0 Å². The Labute approximate surface area is 159 Å². The highest BCUT2D eigenvalue weighted by Gasteiger charge is 2.36. The monoisotopic (exact) mass is 394 g/mol. The predicted octanol–water partition coefficient (Wildman–Crippen LogP) is 3.00. The summed E-state index contributed by atoms with van der Waals surface area (Å²) in [7, 11) is -3.70. The van der Waals surface area contributed by atoms with Crippen LogP contribution in [0.5, 0.6) is 0 Å². The first-order valence-corrected chi connectivity index (χ1v) is 11.3. The highest BCUT2D eigenvalue weighted by atomic mass is 32.2. The summed E-state index contributed by atoms with van der Waals surface area (Å²) >= 11 is 0. The molecule has 0 spiro atoms. The van der Waals surface area contributed by atoms with Crippen molar-refractivity contribution in [2.45, 2.75) is 57.2 Å². The van der Waals surface area contributed by atoms with E-state index < -0.39 is 20.5 Å². The van der Waals surface area contributed by atoms with Gasteiger partial charge in [0.1, 0.15) is 5.75 Å². The topological polar surface area (TPSA) is 97.6 Å². The SMILES string of the molecule is Cc1c(CS(=O)(=O)CC(=O)N2CCCC3CCCCC32)cccc1[N+](=O)[O-]. The van der Waals surface area contributed by atoms with Gasteiger partial charge >= 0.3 is 0 Å². The Morgan fingerprint density at radius 3 is 2.67 bits per heavy atom.